The molecule has 160 valence electrons. The average Bonchev–Trinajstić information content (AvgIpc) is 3.22. The van der Waals surface area contributed by atoms with Crippen LogP contribution in [0.5, 0.6) is 5.75 Å². The van der Waals surface area contributed by atoms with Crippen LogP contribution < -0.4 is 10.2 Å². The first-order valence-corrected chi connectivity index (χ1v) is 11.1. The summed E-state index contributed by atoms with van der Waals surface area (Å²) in [6.45, 7) is 3.43. The summed E-state index contributed by atoms with van der Waals surface area (Å²) in [6, 6.07) is 15.9. The van der Waals surface area contributed by atoms with Gasteiger partial charge in [0.25, 0.3) is 0 Å². The normalized spacial score (nSPS) is 15.0. The number of likely N-dealkylation sites (tertiary alicyclic amines) is 1. The third kappa shape index (κ3) is 3.63. The maximum absolute atomic E-state index is 13.0. The Morgan fingerprint density at radius 1 is 1.03 bits per heavy atom. The molecule has 0 radical (unpaired) electrons. The minimum absolute atomic E-state index is 0.0827. The van der Waals surface area contributed by atoms with Gasteiger partial charge in [-0.2, -0.15) is 0 Å². The van der Waals surface area contributed by atoms with Crippen LogP contribution in [0.1, 0.15) is 25.0 Å². The van der Waals surface area contributed by atoms with Crippen LogP contribution >= 0.6 is 0 Å². The van der Waals surface area contributed by atoms with Crippen molar-refractivity contribution in [2.45, 2.75) is 25.7 Å². The maximum Gasteiger partial charge on any atom is 0.231 e. The molecule has 1 saturated heterocycles. The lowest BCUT2D eigenvalue weighted by atomic mass is 10.0. The highest BCUT2D eigenvalue weighted by Gasteiger charge is 2.18. The third-order valence-corrected chi connectivity index (χ3v) is 6.43. The summed E-state index contributed by atoms with van der Waals surface area (Å²) >= 11 is 0. The minimum atomic E-state index is -0.0827. The Kier molecular flexibility index (Phi) is 5.28. The van der Waals surface area contributed by atoms with Gasteiger partial charge in [-0.05, 0) is 62.3 Å². The number of ether oxygens (including phenoxy) is 1. The first-order valence-electron chi connectivity index (χ1n) is 11.1. The largest absolute Gasteiger partial charge is 0.491 e. The molecule has 0 N–H and O–H groups in total. The van der Waals surface area contributed by atoms with Crippen molar-refractivity contribution in [1.29, 1.82) is 0 Å². The van der Waals surface area contributed by atoms with Crippen LogP contribution in [0.3, 0.4) is 0 Å². The third-order valence-electron chi connectivity index (χ3n) is 6.43. The van der Waals surface area contributed by atoms with E-state index in [-0.39, 0.29) is 5.43 Å². The number of hydrogen-bond acceptors (Lipinski definition) is 4. The number of benzene rings is 2. The van der Waals surface area contributed by atoms with Crippen LogP contribution in [0, 0.1) is 0 Å². The quantitative estimate of drug-likeness (QED) is 0.460. The van der Waals surface area contributed by atoms with Crippen molar-refractivity contribution in [3.63, 3.8) is 0 Å². The molecular formula is C26H28N2O3. The number of para-hydroxylation sites is 1. The molecule has 5 nitrogen and oxygen atoms in total. The van der Waals surface area contributed by atoms with Crippen LogP contribution in [0.2, 0.25) is 0 Å². The SMILES string of the molecule is COc1c(-c2ccc3oc(CCN4CCCCC4)cc3c2)n(C)c2ccccc2c1=O. The van der Waals surface area contributed by atoms with Gasteiger partial charge in [0, 0.05) is 36.3 Å². The van der Waals surface area contributed by atoms with E-state index in [1.165, 1.54) is 32.4 Å². The van der Waals surface area contributed by atoms with Gasteiger partial charge in [-0.25, -0.2) is 0 Å². The van der Waals surface area contributed by atoms with Crippen molar-refractivity contribution in [3.05, 3.63) is 64.5 Å². The Morgan fingerprint density at radius 2 is 1.84 bits per heavy atom. The Hall–Kier alpha value is -3.05. The van der Waals surface area contributed by atoms with Crippen molar-refractivity contribution >= 4 is 21.9 Å². The van der Waals surface area contributed by atoms with Gasteiger partial charge in [-0.15, -0.1) is 0 Å². The van der Waals surface area contributed by atoms with Crippen LogP contribution in [-0.4, -0.2) is 36.2 Å². The summed E-state index contributed by atoms with van der Waals surface area (Å²) in [7, 11) is 3.54. The minimum Gasteiger partial charge on any atom is -0.491 e. The highest BCUT2D eigenvalue weighted by atomic mass is 16.5. The van der Waals surface area contributed by atoms with E-state index in [0.29, 0.717) is 11.1 Å². The van der Waals surface area contributed by atoms with Gasteiger partial charge >= 0.3 is 0 Å². The fourth-order valence-electron chi connectivity index (χ4n) is 4.80. The number of aromatic nitrogens is 1. The zero-order valence-electron chi connectivity index (χ0n) is 18.2. The number of rotatable bonds is 5. The second-order valence-electron chi connectivity index (χ2n) is 8.40. The Labute approximate surface area is 181 Å². The topological polar surface area (TPSA) is 47.6 Å². The van der Waals surface area contributed by atoms with Gasteiger partial charge < -0.3 is 18.6 Å². The van der Waals surface area contributed by atoms with Gasteiger partial charge in [-0.1, -0.05) is 18.6 Å². The van der Waals surface area contributed by atoms with E-state index in [1.54, 1.807) is 7.11 Å². The van der Waals surface area contributed by atoms with Crippen LogP contribution in [0.15, 0.2) is 57.7 Å². The number of nitrogens with zero attached hydrogens (tertiary/aromatic N) is 2. The second kappa shape index (κ2) is 8.23. The number of aryl methyl sites for hydroxylation is 1. The van der Waals surface area contributed by atoms with E-state index in [4.69, 9.17) is 9.15 Å². The molecule has 1 fully saturated rings. The molecule has 5 rings (SSSR count). The molecule has 1 aliphatic rings. The molecule has 4 aromatic rings. The summed E-state index contributed by atoms with van der Waals surface area (Å²) in [5.74, 6) is 1.38. The molecule has 2 aromatic carbocycles. The molecular weight excluding hydrogens is 388 g/mol. The lowest BCUT2D eigenvalue weighted by Crippen LogP contribution is -2.31. The molecule has 31 heavy (non-hydrogen) atoms. The molecule has 0 bridgehead atoms. The predicted molar refractivity (Wildman–Crippen MR) is 125 cm³/mol. The Bertz CT molecular complexity index is 1300. The van der Waals surface area contributed by atoms with E-state index in [9.17, 15) is 4.79 Å². The van der Waals surface area contributed by atoms with Crippen molar-refractivity contribution in [2.75, 3.05) is 26.7 Å². The molecule has 0 saturated carbocycles. The molecule has 2 aromatic heterocycles. The van der Waals surface area contributed by atoms with Crippen molar-refractivity contribution in [2.24, 2.45) is 7.05 Å². The van der Waals surface area contributed by atoms with E-state index in [1.807, 2.05) is 48.0 Å². The maximum atomic E-state index is 13.0. The van der Waals surface area contributed by atoms with Crippen LogP contribution in [0.25, 0.3) is 33.1 Å². The van der Waals surface area contributed by atoms with Gasteiger partial charge in [0.15, 0.2) is 5.75 Å². The number of methoxy groups -OCH3 is 1. The fraction of sp³-hybridized carbons (Fsp3) is 0.346. The molecule has 0 aliphatic carbocycles. The Balaban J connectivity index is 1.52. The smallest absolute Gasteiger partial charge is 0.231 e. The zero-order valence-corrected chi connectivity index (χ0v) is 18.2. The van der Waals surface area contributed by atoms with Gasteiger partial charge in [0.2, 0.25) is 5.43 Å². The average molecular weight is 417 g/mol. The first kappa shape index (κ1) is 19.9. The lowest BCUT2D eigenvalue weighted by molar-refractivity contribution is 0.227. The Morgan fingerprint density at radius 3 is 2.65 bits per heavy atom. The number of fused-ring (bicyclic) bond motifs is 2. The molecule has 0 spiro atoms. The number of piperidine rings is 1. The molecule has 0 unspecified atom stereocenters. The van der Waals surface area contributed by atoms with E-state index < -0.39 is 0 Å². The molecule has 5 heteroatoms. The van der Waals surface area contributed by atoms with Crippen molar-refractivity contribution in [1.82, 2.24) is 9.47 Å². The van der Waals surface area contributed by atoms with Crippen molar-refractivity contribution in [3.8, 4) is 17.0 Å². The molecule has 0 amide bonds. The molecule has 0 atom stereocenters. The van der Waals surface area contributed by atoms with Gasteiger partial charge in [-0.3, -0.25) is 4.79 Å². The van der Waals surface area contributed by atoms with Gasteiger partial charge in [0.1, 0.15) is 11.3 Å². The standard InChI is InChI=1S/C26H28N2O3/c1-27-22-9-5-4-8-21(22)25(29)26(30-2)24(27)18-10-11-23-19(16-18)17-20(31-23)12-15-28-13-6-3-7-14-28/h4-5,8-11,16-17H,3,6-7,12-15H2,1-2H3. The summed E-state index contributed by atoms with van der Waals surface area (Å²) in [4.78, 5) is 15.6. The predicted octanol–water partition coefficient (Wildman–Crippen LogP) is 4.99. The number of hydrogen-bond donors (Lipinski definition) is 0. The monoisotopic (exact) mass is 416 g/mol. The molecule has 3 heterocycles. The van der Waals surface area contributed by atoms with Crippen LogP contribution in [0.4, 0.5) is 0 Å². The summed E-state index contributed by atoms with van der Waals surface area (Å²) in [5, 5.41) is 1.71. The fourth-order valence-corrected chi connectivity index (χ4v) is 4.80. The number of pyridine rings is 1. The summed E-state index contributed by atoms with van der Waals surface area (Å²) in [6.07, 6.45) is 4.87. The van der Waals surface area contributed by atoms with Crippen LogP contribution in [-0.2, 0) is 13.5 Å². The second-order valence-corrected chi connectivity index (χ2v) is 8.40. The molecule has 1 aliphatic heterocycles. The lowest BCUT2D eigenvalue weighted by Gasteiger charge is -2.25. The highest BCUT2D eigenvalue weighted by molar-refractivity contribution is 5.89. The first-order chi connectivity index (χ1) is 15.2. The summed E-state index contributed by atoms with van der Waals surface area (Å²) in [5.41, 5.74) is 3.41. The van der Waals surface area contributed by atoms with E-state index in [2.05, 4.69) is 17.0 Å². The van der Waals surface area contributed by atoms with Crippen molar-refractivity contribution < 1.29 is 9.15 Å². The van der Waals surface area contributed by atoms with E-state index in [0.717, 1.165) is 46.5 Å². The summed E-state index contributed by atoms with van der Waals surface area (Å²) < 4.78 is 13.7. The highest BCUT2D eigenvalue weighted by Crippen LogP contribution is 2.33. The van der Waals surface area contributed by atoms with E-state index >= 15 is 0 Å². The van der Waals surface area contributed by atoms with Gasteiger partial charge in [0.05, 0.1) is 18.3 Å². The number of furan rings is 1. The zero-order chi connectivity index (χ0) is 21.4.